The standard InChI is InChI=1S/C23H23N3O6/c1-25-9-8-14-10-15-19(32-12-31-15)20(30-2)16(14)18(25)17-21(27)24-23(29)26(22(17)28)11-13-6-4-3-5-7-13/h3-7,10,18,28H,8-9,11-12H2,1-2H3,(H,24,27,29). The van der Waals surface area contributed by atoms with Crippen LogP contribution in [0.3, 0.4) is 0 Å². The largest absolute Gasteiger partial charge is 0.859 e. The monoisotopic (exact) mass is 437 g/mol. The Kier molecular flexibility index (Phi) is 4.90. The molecule has 2 aliphatic heterocycles. The maximum Gasteiger partial charge on any atom is 0.328 e. The molecule has 1 aromatic heterocycles. The molecule has 166 valence electrons. The number of nitrogens with zero attached hydrogens (tertiary/aromatic N) is 1. The van der Waals surface area contributed by atoms with Gasteiger partial charge in [-0.1, -0.05) is 30.3 Å². The summed E-state index contributed by atoms with van der Waals surface area (Å²) in [5.74, 6) is 0.912. The van der Waals surface area contributed by atoms with Crippen LogP contribution in [0.4, 0.5) is 0 Å². The molecule has 2 aliphatic rings. The lowest BCUT2D eigenvalue weighted by Crippen LogP contribution is -3.10. The van der Waals surface area contributed by atoms with Gasteiger partial charge in [0.1, 0.15) is 6.04 Å². The lowest BCUT2D eigenvalue weighted by Gasteiger charge is -2.35. The van der Waals surface area contributed by atoms with E-state index < -0.39 is 23.2 Å². The van der Waals surface area contributed by atoms with Crippen molar-refractivity contribution in [3.05, 3.63) is 79.5 Å². The lowest BCUT2D eigenvalue weighted by molar-refractivity contribution is -0.908. The van der Waals surface area contributed by atoms with E-state index in [1.807, 2.05) is 43.4 Å². The minimum absolute atomic E-state index is 0.0103. The molecule has 3 aromatic rings. The van der Waals surface area contributed by atoms with Crippen molar-refractivity contribution in [2.75, 3.05) is 27.5 Å². The number of quaternary nitrogens is 1. The van der Waals surface area contributed by atoms with E-state index in [-0.39, 0.29) is 18.9 Å². The molecule has 9 nitrogen and oxygen atoms in total. The van der Waals surface area contributed by atoms with E-state index in [1.165, 1.54) is 7.11 Å². The summed E-state index contributed by atoms with van der Waals surface area (Å²) in [6.07, 6.45) is 0.723. The topological polar surface area (TPSA) is 110 Å². The summed E-state index contributed by atoms with van der Waals surface area (Å²) < 4.78 is 17.9. The Bertz CT molecular complexity index is 1300. The Labute approximate surface area is 183 Å². The molecular formula is C23H23N3O6. The zero-order chi connectivity index (χ0) is 22.4. The number of aromatic nitrogens is 2. The van der Waals surface area contributed by atoms with Crippen molar-refractivity contribution in [2.45, 2.75) is 19.0 Å². The Morgan fingerprint density at radius 1 is 1.22 bits per heavy atom. The Balaban J connectivity index is 1.72. The normalized spacial score (nSPS) is 18.9. The van der Waals surface area contributed by atoms with E-state index in [1.54, 1.807) is 0 Å². The maximum absolute atomic E-state index is 13.5. The number of hydrogen-bond donors (Lipinski definition) is 2. The lowest BCUT2D eigenvalue weighted by atomic mass is 9.87. The van der Waals surface area contributed by atoms with E-state index in [9.17, 15) is 14.7 Å². The van der Waals surface area contributed by atoms with Gasteiger partial charge in [-0.3, -0.25) is 9.78 Å². The van der Waals surface area contributed by atoms with Gasteiger partial charge < -0.3 is 28.8 Å². The second-order valence-electron chi connectivity index (χ2n) is 8.05. The highest BCUT2D eigenvalue weighted by Gasteiger charge is 2.39. The quantitative estimate of drug-likeness (QED) is 0.573. The third kappa shape index (κ3) is 3.13. The molecule has 3 heterocycles. The van der Waals surface area contributed by atoms with Crippen LogP contribution in [-0.2, 0) is 13.0 Å². The zero-order valence-corrected chi connectivity index (χ0v) is 17.8. The number of nitrogens with one attached hydrogen (secondary N) is 2. The van der Waals surface area contributed by atoms with Crippen molar-refractivity contribution < 1.29 is 24.2 Å². The van der Waals surface area contributed by atoms with Crippen LogP contribution in [0.2, 0.25) is 0 Å². The molecule has 32 heavy (non-hydrogen) atoms. The summed E-state index contributed by atoms with van der Waals surface area (Å²) in [4.78, 5) is 28.8. The molecule has 0 spiro atoms. The maximum atomic E-state index is 13.5. The van der Waals surface area contributed by atoms with E-state index in [2.05, 4.69) is 4.98 Å². The molecule has 2 atom stereocenters. The van der Waals surface area contributed by atoms with Gasteiger partial charge in [0.2, 0.25) is 12.5 Å². The fraction of sp³-hybridized carbons (Fsp3) is 0.304. The molecule has 0 amide bonds. The minimum atomic E-state index is -0.723. The molecular weight excluding hydrogens is 414 g/mol. The molecule has 2 aromatic carbocycles. The number of H-pyrrole nitrogens is 1. The van der Waals surface area contributed by atoms with E-state index in [0.717, 1.165) is 27.0 Å². The van der Waals surface area contributed by atoms with Gasteiger partial charge in [-0.2, -0.15) is 0 Å². The van der Waals surface area contributed by atoms with Crippen LogP contribution < -0.4 is 35.5 Å². The molecule has 0 bridgehead atoms. The summed E-state index contributed by atoms with van der Waals surface area (Å²) in [7, 11) is 3.44. The summed E-state index contributed by atoms with van der Waals surface area (Å²) in [5, 5.41) is 13.5. The molecule has 5 rings (SSSR count). The van der Waals surface area contributed by atoms with Crippen molar-refractivity contribution in [3.63, 3.8) is 0 Å². The SMILES string of the molecule is COc1c2c(cc3c1C(c1c([O-])n(Cc4ccccc4)c(=O)[nH]c1=O)[NH+](C)CC3)OCO2. The molecule has 0 fully saturated rings. The molecule has 0 aliphatic carbocycles. The van der Waals surface area contributed by atoms with Crippen molar-refractivity contribution in [2.24, 2.45) is 0 Å². The molecule has 2 N–H and O–H groups in total. The van der Waals surface area contributed by atoms with Crippen LogP contribution in [0.15, 0.2) is 46.0 Å². The summed E-state index contributed by atoms with van der Waals surface area (Å²) in [6, 6.07) is 10.4. The second-order valence-corrected chi connectivity index (χ2v) is 8.05. The van der Waals surface area contributed by atoms with Gasteiger partial charge in [-0.25, -0.2) is 4.79 Å². The highest BCUT2D eigenvalue weighted by Crippen LogP contribution is 2.48. The fourth-order valence-electron chi connectivity index (χ4n) is 4.65. The Morgan fingerprint density at radius 3 is 2.75 bits per heavy atom. The molecule has 0 saturated heterocycles. The van der Waals surface area contributed by atoms with Gasteiger partial charge in [0.05, 0.1) is 38.4 Å². The van der Waals surface area contributed by atoms with Gasteiger partial charge in [0.25, 0.3) is 5.56 Å². The van der Waals surface area contributed by atoms with Crippen LogP contribution in [0.1, 0.15) is 28.3 Å². The van der Waals surface area contributed by atoms with Crippen LogP contribution in [-0.4, -0.2) is 37.0 Å². The van der Waals surface area contributed by atoms with Gasteiger partial charge in [0.15, 0.2) is 11.5 Å². The zero-order valence-electron chi connectivity index (χ0n) is 17.8. The second kappa shape index (κ2) is 7.76. The number of hydrogen-bond acceptors (Lipinski definition) is 6. The van der Waals surface area contributed by atoms with E-state index in [0.29, 0.717) is 29.4 Å². The number of ether oxygens (including phenoxy) is 3. The Morgan fingerprint density at radius 2 is 2.00 bits per heavy atom. The summed E-state index contributed by atoms with van der Waals surface area (Å²) in [5.41, 5.74) is 1.04. The average molecular weight is 437 g/mol. The van der Waals surface area contributed by atoms with Crippen molar-refractivity contribution >= 4 is 0 Å². The van der Waals surface area contributed by atoms with E-state index >= 15 is 0 Å². The van der Waals surface area contributed by atoms with Crippen molar-refractivity contribution in [1.82, 2.24) is 9.55 Å². The van der Waals surface area contributed by atoms with Crippen LogP contribution in [0.5, 0.6) is 23.1 Å². The van der Waals surface area contributed by atoms with Crippen LogP contribution >= 0.6 is 0 Å². The first kappa shape index (κ1) is 20.2. The molecule has 0 radical (unpaired) electrons. The van der Waals surface area contributed by atoms with Gasteiger partial charge in [-0.15, -0.1) is 0 Å². The van der Waals surface area contributed by atoms with E-state index in [4.69, 9.17) is 14.2 Å². The van der Waals surface area contributed by atoms with Gasteiger partial charge >= 0.3 is 5.69 Å². The first-order valence-corrected chi connectivity index (χ1v) is 10.4. The predicted octanol–water partition coefficient (Wildman–Crippen LogP) is -0.444. The first-order chi connectivity index (χ1) is 15.5. The first-order valence-electron chi connectivity index (χ1n) is 10.4. The predicted molar refractivity (Wildman–Crippen MR) is 113 cm³/mol. The number of rotatable bonds is 4. The number of benzene rings is 2. The van der Waals surface area contributed by atoms with Crippen LogP contribution in [0.25, 0.3) is 0 Å². The molecule has 0 saturated carbocycles. The average Bonchev–Trinajstić information content (AvgIpc) is 3.25. The van der Waals surface area contributed by atoms with Crippen molar-refractivity contribution in [3.8, 4) is 23.1 Å². The highest BCUT2D eigenvalue weighted by atomic mass is 16.7. The summed E-state index contributed by atoms with van der Waals surface area (Å²) >= 11 is 0. The van der Waals surface area contributed by atoms with Gasteiger partial charge in [-0.05, 0) is 23.1 Å². The molecule has 2 unspecified atom stereocenters. The number of likely N-dealkylation sites (N-methyl/N-ethyl adjacent to an activating group) is 1. The number of aromatic amines is 1. The van der Waals surface area contributed by atoms with Gasteiger partial charge in [0, 0.05) is 6.42 Å². The smallest absolute Gasteiger partial charge is 0.328 e. The summed E-state index contributed by atoms with van der Waals surface area (Å²) in [6.45, 7) is 0.841. The van der Waals surface area contributed by atoms with Crippen LogP contribution in [0, 0.1) is 0 Å². The van der Waals surface area contributed by atoms with Crippen molar-refractivity contribution in [1.29, 1.82) is 0 Å². The highest BCUT2D eigenvalue weighted by molar-refractivity contribution is 5.62. The fourth-order valence-corrected chi connectivity index (χ4v) is 4.65. The third-order valence-corrected chi connectivity index (χ3v) is 6.18. The Hall–Kier alpha value is -3.72. The number of methoxy groups -OCH3 is 1. The molecule has 9 heteroatoms. The number of fused-ring (bicyclic) bond motifs is 2. The minimum Gasteiger partial charge on any atom is -0.859 e. The third-order valence-electron chi connectivity index (χ3n) is 6.18.